The number of aromatic nitrogens is 4. The predicted octanol–water partition coefficient (Wildman–Crippen LogP) is 3.77. The lowest BCUT2D eigenvalue weighted by molar-refractivity contribution is -0.116. The Bertz CT molecular complexity index is 870. The molecule has 6 nitrogen and oxygen atoms in total. The normalized spacial score (nSPS) is 10.8. The Kier molecular flexibility index (Phi) is 5.40. The first-order valence-electron chi connectivity index (χ1n) is 7.76. The van der Waals surface area contributed by atoms with Crippen LogP contribution in [-0.2, 0) is 17.9 Å². The van der Waals surface area contributed by atoms with Crippen molar-refractivity contribution >= 4 is 34.9 Å². The van der Waals surface area contributed by atoms with E-state index in [-0.39, 0.29) is 5.91 Å². The van der Waals surface area contributed by atoms with Gasteiger partial charge in [0.2, 0.25) is 5.91 Å². The lowest BCUT2D eigenvalue weighted by Gasteiger charge is -2.04. The Morgan fingerprint density at radius 2 is 1.92 bits per heavy atom. The van der Waals surface area contributed by atoms with Crippen LogP contribution in [0.2, 0.25) is 10.0 Å². The Labute approximate surface area is 155 Å². The molecule has 0 spiro atoms. The van der Waals surface area contributed by atoms with Gasteiger partial charge in [0.05, 0.1) is 12.7 Å². The summed E-state index contributed by atoms with van der Waals surface area (Å²) >= 11 is 12.0. The average molecular weight is 378 g/mol. The molecule has 0 unspecified atom stereocenters. The van der Waals surface area contributed by atoms with Gasteiger partial charge in [-0.1, -0.05) is 35.3 Å². The molecule has 1 N–H and O–H groups in total. The molecule has 0 saturated carbocycles. The minimum atomic E-state index is -0.160. The molecule has 0 aliphatic heterocycles. The van der Waals surface area contributed by atoms with Crippen LogP contribution in [-0.4, -0.2) is 25.5 Å². The third-order valence-electron chi connectivity index (χ3n) is 3.56. The molecule has 25 heavy (non-hydrogen) atoms. The fourth-order valence-corrected chi connectivity index (χ4v) is 2.66. The molecule has 1 aromatic carbocycles. The topological polar surface area (TPSA) is 64.7 Å². The van der Waals surface area contributed by atoms with E-state index in [9.17, 15) is 4.79 Å². The third kappa shape index (κ3) is 4.84. The van der Waals surface area contributed by atoms with Crippen molar-refractivity contribution in [2.24, 2.45) is 0 Å². The van der Waals surface area contributed by atoms with Crippen LogP contribution in [0.3, 0.4) is 0 Å². The number of rotatable bonds is 6. The number of anilines is 1. The van der Waals surface area contributed by atoms with Crippen molar-refractivity contribution < 1.29 is 4.79 Å². The largest absolute Gasteiger partial charge is 0.308 e. The zero-order valence-electron chi connectivity index (χ0n) is 13.6. The van der Waals surface area contributed by atoms with Crippen LogP contribution < -0.4 is 5.32 Å². The number of nitrogens with one attached hydrogen (secondary N) is 1. The van der Waals surface area contributed by atoms with Crippen LogP contribution in [0.25, 0.3) is 0 Å². The summed E-state index contributed by atoms with van der Waals surface area (Å²) in [5, 5.41) is 12.3. The highest BCUT2D eigenvalue weighted by molar-refractivity contribution is 6.33. The van der Waals surface area contributed by atoms with Crippen molar-refractivity contribution in [1.29, 1.82) is 0 Å². The van der Waals surface area contributed by atoms with Crippen molar-refractivity contribution in [1.82, 2.24) is 19.6 Å². The molecule has 0 aliphatic carbocycles. The van der Waals surface area contributed by atoms with Gasteiger partial charge in [-0.3, -0.25) is 14.2 Å². The van der Waals surface area contributed by atoms with Crippen molar-refractivity contribution in [3.05, 3.63) is 64.0 Å². The molecule has 8 heteroatoms. The minimum Gasteiger partial charge on any atom is -0.308 e. The third-order valence-corrected chi connectivity index (χ3v) is 4.09. The molecule has 0 aliphatic rings. The smallest absolute Gasteiger partial charge is 0.227 e. The van der Waals surface area contributed by atoms with Crippen LogP contribution in [0.15, 0.2) is 42.9 Å². The van der Waals surface area contributed by atoms with Crippen LogP contribution >= 0.6 is 23.2 Å². The fraction of sp³-hybridized carbons (Fsp3) is 0.235. The van der Waals surface area contributed by atoms with Gasteiger partial charge < -0.3 is 5.32 Å². The van der Waals surface area contributed by atoms with Gasteiger partial charge >= 0.3 is 0 Å². The van der Waals surface area contributed by atoms with Crippen LogP contribution in [0.5, 0.6) is 0 Å². The van der Waals surface area contributed by atoms with Gasteiger partial charge in [-0.25, -0.2) is 0 Å². The molecule has 0 saturated heterocycles. The number of hydrogen-bond acceptors (Lipinski definition) is 3. The summed E-state index contributed by atoms with van der Waals surface area (Å²) in [4.78, 5) is 12.1. The number of carbonyl (C=O) groups is 1. The monoisotopic (exact) mass is 377 g/mol. The standard InChI is InChI=1S/C17H17Cl2N5O/c1-12-8-20-23(9-12)7-6-16(25)21-17-15(19)11-24(22-17)10-13-2-4-14(18)5-3-13/h2-5,8-9,11H,6-7,10H2,1H3,(H,21,22,25). The van der Waals surface area contributed by atoms with Gasteiger partial charge in [0.25, 0.3) is 0 Å². The van der Waals surface area contributed by atoms with Crippen molar-refractivity contribution in [2.75, 3.05) is 5.32 Å². The zero-order valence-corrected chi connectivity index (χ0v) is 15.1. The SMILES string of the molecule is Cc1cnn(CCC(=O)Nc2nn(Cc3ccc(Cl)cc3)cc2Cl)c1. The number of hydrogen-bond donors (Lipinski definition) is 1. The van der Waals surface area contributed by atoms with Gasteiger partial charge in [-0.2, -0.15) is 10.2 Å². The van der Waals surface area contributed by atoms with Crippen molar-refractivity contribution in [2.45, 2.75) is 26.4 Å². The second-order valence-corrected chi connectivity index (χ2v) is 6.57. The summed E-state index contributed by atoms with van der Waals surface area (Å²) in [6, 6.07) is 7.48. The van der Waals surface area contributed by atoms with E-state index in [2.05, 4.69) is 15.5 Å². The minimum absolute atomic E-state index is 0.160. The summed E-state index contributed by atoms with van der Waals surface area (Å²) in [6.45, 7) is 3.00. The maximum atomic E-state index is 12.1. The molecule has 2 heterocycles. The number of halogens is 2. The first kappa shape index (κ1) is 17.5. The van der Waals surface area contributed by atoms with Crippen molar-refractivity contribution in [3.8, 4) is 0 Å². The van der Waals surface area contributed by atoms with Crippen LogP contribution in [0, 0.1) is 6.92 Å². The Morgan fingerprint density at radius 3 is 2.60 bits per heavy atom. The number of aryl methyl sites for hydroxylation is 2. The lowest BCUT2D eigenvalue weighted by Crippen LogP contribution is -2.15. The Balaban J connectivity index is 1.58. The predicted molar refractivity (Wildman–Crippen MR) is 98.0 cm³/mol. The van der Waals surface area contributed by atoms with Gasteiger partial charge in [-0.15, -0.1) is 0 Å². The first-order chi connectivity index (χ1) is 12.0. The van der Waals surface area contributed by atoms with Crippen molar-refractivity contribution in [3.63, 3.8) is 0 Å². The van der Waals surface area contributed by atoms with E-state index in [1.807, 2.05) is 37.4 Å². The zero-order chi connectivity index (χ0) is 17.8. The first-order valence-corrected chi connectivity index (χ1v) is 8.51. The van der Waals surface area contributed by atoms with E-state index in [1.54, 1.807) is 21.8 Å². The highest BCUT2D eigenvalue weighted by atomic mass is 35.5. The Morgan fingerprint density at radius 1 is 1.16 bits per heavy atom. The number of amides is 1. The van der Waals surface area contributed by atoms with Gasteiger partial charge in [0.15, 0.2) is 5.82 Å². The summed E-state index contributed by atoms with van der Waals surface area (Å²) in [6.07, 6.45) is 5.62. The van der Waals surface area contributed by atoms with E-state index in [0.29, 0.717) is 35.4 Å². The molecular formula is C17H17Cl2N5O. The molecule has 0 radical (unpaired) electrons. The average Bonchev–Trinajstić information content (AvgIpc) is 3.14. The van der Waals surface area contributed by atoms with Crippen LogP contribution in [0.1, 0.15) is 17.5 Å². The summed E-state index contributed by atoms with van der Waals surface area (Å²) in [5.74, 6) is 0.198. The van der Waals surface area contributed by atoms with Gasteiger partial charge in [0, 0.05) is 30.4 Å². The maximum Gasteiger partial charge on any atom is 0.227 e. The number of nitrogens with zero attached hydrogens (tertiary/aromatic N) is 4. The number of benzene rings is 1. The molecule has 3 aromatic rings. The highest BCUT2D eigenvalue weighted by Crippen LogP contribution is 2.20. The van der Waals surface area contributed by atoms with E-state index >= 15 is 0 Å². The molecule has 130 valence electrons. The second-order valence-electron chi connectivity index (χ2n) is 5.73. The summed E-state index contributed by atoms with van der Waals surface area (Å²) in [5.41, 5.74) is 2.10. The quantitative estimate of drug-likeness (QED) is 0.710. The van der Waals surface area contributed by atoms with E-state index in [0.717, 1.165) is 11.1 Å². The molecule has 0 fully saturated rings. The van der Waals surface area contributed by atoms with Gasteiger partial charge in [0.1, 0.15) is 5.02 Å². The molecule has 0 atom stereocenters. The molecule has 0 bridgehead atoms. The molecule has 2 aromatic heterocycles. The summed E-state index contributed by atoms with van der Waals surface area (Å²) in [7, 11) is 0. The number of carbonyl (C=O) groups excluding carboxylic acids is 1. The highest BCUT2D eigenvalue weighted by Gasteiger charge is 2.11. The maximum absolute atomic E-state index is 12.1. The van der Waals surface area contributed by atoms with E-state index in [4.69, 9.17) is 23.2 Å². The second kappa shape index (κ2) is 7.72. The fourth-order valence-electron chi connectivity index (χ4n) is 2.34. The lowest BCUT2D eigenvalue weighted by atomic mass is 10.2. The molecular weight excluding hydrogens is 361 g/mol. The van der Waals surface area contributed by atoms with Gasteiger partial charge in [-0.05, 0) is 30.2 Å². The molecule has 3 rings (SSSR count). The molecule has 1 amide bonds. The van der Waals surface area contributed by atoms with Crippen LogP contribution in [0.4, 0.5) is 5.82 Å². The van der Waals surface area contributed by atoms with E-state index in [1.165, 1.54) is 0 Å². The van der Waals surface area contributed by atoms with E-state index < -0.39 is 0 Å². The Hall–Kier alpha value is -2.31. The summed E-state index contributed by atoms with van der Waals surface area (Å²) < 4.78 is 3.41.